The smallest absolute Gasteiger partial charge is 0.251 e. The summed E-state index contributed by atoms with van der Waals surface area (Å²) in [5.74, 6) is -8.25. The zero-order valence-corrected chi connectivity index (χ0v) is 81.0. The molecule has 11 aliphatic heterocycles. The van der Waals surface area contributed by atoms with Crippen molar-refractivity contribution in [3.8, 4) is 0 Å². The highest BCUT2D eigenvalue weighted by Crippen LogP contribution is 2.34. The highest BCUT2D eigenvalue weighted by molar-refractivity contribution is 5.97. The number of nitrogens with zero attached hydrogens (tertiary/aromatic N) is 4. The molecule has 56 nitrogen and oxygen atoms in total. The van der Waals surface area contributed by atoms with Gasteiger partial charge in [0.25, 0.3) is 23.6 Å². The third-order valence-electron chi connectivity index (χ3n) is 26.1. The maximum atomic E-state index is 14.8. The number of aliphatic hydroxyl groups is 32. The number of aliphatic hydroxyl groups excluding tert-OH is 32. The van der Waals surface area contributed by atoms with Gasteiger partial charge in [-0.1, -0.05) is 48.5 Å². The van der Waals surface area contributed by atoms with Crippen molar-refractivity contribution in [2.45, 2.75) is 285 Å². The van der Waals surface area contributed by atoms with E-state index < -0.39 is 372 Å². The molecule has 56 heteroatoms. The van der Waals surface area contributed by atoms with E-state index in [9.17, 15) is 202 Å². The fourth-order valence-electron chi connectivity index (χ4n) is 17.1. The minimum atomic E-state index is -2.54. The summed E-state index contributed by atoms with van der Waals surface area (Å²) in [6.45, 7) is -11.4. The number of carbonyl (C=O) groups excluding carboxylic acids is 8. The van der Waals surface area contributed by atoms with E-state index in [1.54, 1.807) is 97.1 Å². The van der Waals surface area contributed by atoms with Gasteiger partial charge >= 0.3 is 0 Å². The minimum absolute atomic E-state index is 0.0614. The maximum absolute atomic E-state index is 14.8. The highest BCUT2D eigenvalue weighted by atomic mass is 16.7. The number of nitrogens with one attached hydrogen (secondary N) is 4. The van der Waals surface area contributed by atoms with Crippen LogP contribution in [0.15, 0.2) is 97.1 Å². The van der Waals surface area contributed by atoms with Gasteiger partial charge in [-0.2, -0.15) is 0 Å². The second kappa shape index (κ2) is 59.6. The molecule has 36 atom stereocenters. The Morgan fingerprint density at radius 2 is 0.440 bits per heavy atom. The van der Waals surface area contributed by atoms with Crippen molar-refractivity contribution in [2.75, 3.05) is 125 Å². The lowest BCUT2D eigenvalue weighted by Crippen LogP contribution is -2.62. The molecule has 4 saturated heterocycles. The standard InChI is InChI=1S/C94H140N8O48/c103-35-51(111)83(147-91-79(135)67(123)63(119)55(39-107)143-91)71(127)75(131)87(139)95-25-21-59(115)99-29-1-2-30-100(60(116)22-26-96-88(140)76(132)72(128)84(52(112)36-104)148-92-80(136)68(124)64(120)56(40-108)144-92)48-15-7-44(8-16-48)34-46-11-19-50(20-12-46)102(62(118)24-28-98-90(142)78(134)74(130)86(54(114)38-106)150-94-82(138)70(126)66(122)58(42-110)146-94)32-4-3-31-101(49-17-9-45(10-18-49)33-43-5-13-47(99)14-6-43)61(117)23-27-97-89(141)77(133)73(129)85(53(113)37-105)149-93-81(137)69(125)65(121)57(41-109)145-93/h5-20,51-58,63-86,91-94,103-114,119-138H,1-4,21-42H2,(H,95,139)(H,96,140)(H,97,141)(H,98,142)/t51?,52?,53?,54?,55-,56-,57-,58-,63-,64-,65-,66-,67+,68+,69+,70+,71?,72?,73?,74?,75?,76?,77?,78?,79-,80-,81-,82-,83?,84?,85?,86?,91-,92-,93-,94-/m1/s1. The van der Waals surface area contributed by atoms with Crippen LogP contribution in [0.2, 0.25) is 0 Å². The highest BCUT2D eigenvalue weighted by Gasteiger charge is 2.54. The minimum Gasteiger partial charge on any atom is -0.394 e. The Morgan fingerprint density at radius 1 is 0.267 bits per heavy atom. The van der Waals surface area contributed by atoms with Gasteiger partial charge in [0.15, 0.2) is 49.6 Å². The Balaban J connectivity index is 1.00. The van der Waals surface area contributed by atoms with E-state index in [1.165, 1.54) is 19.6 Å². The molecule has 4 fully saturated rings. The fourth-order valence-corrected chi connectivity index (χ4v) is 17.1. The van der Waals surface area contributed by atoms with Crippen molar-refractivity contribution in [3.63, 3.8) is 0 Å². The summed E-state index contributed by atoms with van der Waals surface area (Å²) in [6.07, 6.45) is -77.6. The van der Waals surface area contributed by atoms with Gasteiger partial charge in [-0.15, -0.1) is 0 Å². The molecule has 0 aliphatic carbocycles. The molecule has 8 bridgehead atoms. The van der Waals surface area contributed by atoms with Crippen LogP contribution >= 0.6 is 0 Å². The quantitative estimate of drug-likeness (QED) is 0.0195. The Bertz CT molecular complexity index is 4220. The first kappa shape index (κ1) is 125. The van der Waals surface area contributed by atoms with Gasteiger partial charge in [-0.25, -0.2) is 0 Å². The predicted molar refractivity (Wildman–Crippen MR) is 505 cm³/mol. The van der Waals surface area contributed by atoms with Gasteiger partial charge in [-0.05, 0) is 109 Å². The number of anilines is 4. The molecule has 844 valence electrons. The predicted octanol–water partition coefficient (Wildman–Crippen LogP) is -17.5. The number of rotatable bonds is 44. The number of hydrogen-bond acceptors (Lipinski definition) is 48. The summed E-state index contributed by atoms with van der Waals surface area (Å²) < 4.78 is 43.0. The molecular weight excluding hydrogens is 2010 g/mol. The molecule has 8 amide bonds. The SMILES string of the molecule is O=C(NCCC(=O)N1CCCCN(C(=O)CCNC(=O)C(O)C(O)C(O[C@H]2O[C@H](CO)[C@@H](O)[C@H](O)[C@H]2O)C(O)CO)c2ccc(cc2)Cc2ccc(cc2)N(C(=O)CCNC(=O)C(O)C(O)C(O[C@H]2O[C@H](CO)[C@@H](O)[C@H](O)[C@H]2O)C(O)CO)CCCCN(C(=O)CCNC(=O)C(O)C(O)C(O[C@H]2O[C@H](CO)[C@@H](O)[C@H](O)[C@H]2O)C(O)CO)c2ccc(cc2)Cc2ccc1cc2)C(O)C(O)C(O[C@H]1O[C@H](CO)[C@@H](O)[C@H](O)[C@H]1O)C(O)CO. The Morgan fingerprint density at radius 3 is 0.600 bits per heavy atom. The van der Waals surface area contributed by atoms with Crippen LogP contribution < -0.4 is 40.9 Å². The average molecular weight is 2150 g/mol. The molecule has 4 aromatic rings. The molecule has 11 heterocycles. The van der Waals surface area contributed by atoms with Crippen molar-refractivity contribution in [1.82, 2.24) is 21.3 Å². The normalized spacial score (nSPS) is 28.7. The fraction of sp³-hybridized carbons (Fsp3) is 0.660. The molecule has 0 radical (unpaired) electrons. The molecule has 16 unspecified atom stereocenters. The zero-order valence-electron chi connectivity index (χ0n) is 81.0. The van der Waals surface area contributed by atoms with E-state index in [0.717, 1.165) is 0 Å². The summed E-state index contributed by atoms with van der Waals surface area (Å²) in [7, 11) is 0. The maximum Gasteiger partial charge on any atom is 0.251 e. The van der Waals surface area contributed by atoms with Crippen LogP contribution in [0.25, 0.3) is 0 Å². The first-order valence-electron chi connectivity index (χ1n) is 48.5. The third kappa shape index (κ3) is 32.6. The van der Waals surface area contributed by atoms with Crippen LogP contribution in [0.5, 0.6) is 0 Å². The van der Waals surface area contributed by atoms with Crippen LogP contribution in [-0.4, -0.2) is 536 Å². The number of ether oxygens (including phenoxy) is 8. The summed E-state index contributed by atoms with van der Waals surface area (Å²) >= 11 is 0. The number of benzene rings is 4. The van der Waals surface area contributed by atoms with Crippen molar-refractivity contribution < 1.29 is 240 Å². The number of amides is 8. The second-order valence-corrected chi connectivity index (χ2v) is 36.7. The summed E-state index contributed by atoms with van der Waals surface area (Å²) in [5, 5.41) is 346. The largest absolute Gasteiger partial charge is 0.394 e. The van der Waals surface area contributed by atoms with E-state index in [4.69, 9.17) is 37.9 Å². The third-order valence-corrected chi connectivity index (χ3v) is 26.1. The van der Waals surface area contributed by atoms with Gasteiger partial charge < -0.3 is 242 Å². The topological polar surface area (TPSA) is 919 Å². The lowest BCUT2D eigenvalue weighted by Gasteiger charge is -2.42. The molecule has 0 aromatic heterocycles. The molecule has 0 spiro atoms. The van der Waals surface area contributed by atoms with Crippen LogP contribution in [0.3, 0.4) is 0 Å². The van der Waals surface area contributed by atoms with E-state index in [0.29, 0.717) is 22.3 Å². The Labute approximate surface area is 856 Å². The van der Waals surface area contributed by atoms with Crippen molar-refractivity contribution in [2.24, 2.45) is 0 Å². The molecule has 150 heavy (non-hydrogen) atoms. The van der Waals surface area contributed by atoms with Crippen LogP contribution in [-0.2, 0) is 89.1 Å². The lowest BCUT2D eigenvalue weighted by molar-refractivity contribution is -0.326. The van der Waals surface area contributed by atoms with Gasteiger partial charge in [0.1, 0.15) is 171 Å². The summed E-state index contributed by atoms with van der Waals surface area (Å²) in [4.78, 5) is 119. The van der Waals surface area contributed by atoms with Crippen LogP contribution in [0.4, 0.5) is 22.7 Å². The number of hydrogen-bond donors (Lipinski definition) is 36. The van der Waals surface area contributed by atoms with Crippen molar-refractivity contribution in [3.05, 3.63) is 119 Å². The summed E-state index contributed by atoms with van der Waals surface area (Å²) in [5.41, 5.74) is 3.43. The van der Waals surface area contributed by atoms with Crippen molar-refractivity contribution in [1.29, 1.82) is 0 Å². The van der Waals surface area contributed by atoms with Crippen molar-refractivity contribution >= 4 is 70.0 Å². The average Bonchev–Trinajstić information content (AvgIpc) is 0.808. The molecule has 15 rings (SSSR count). The zero-order chi connectivity index (χ0) is 111. The van der Waals surface area contributed by atoms with Crippen LogP contribution in [0.1, 0.15) is 73.6 Å². The van der Waals surface area contributed by atoms with Gasteiger partial charge in [0.2, 0.25) is 23.6 Å². The van der Waals surface area contributed by atoms with E-state index in [2.05, 4.69) is 21.3 Å². The van der Waals surface area contributed by atoms with E-state index >= 15 is 0 Å². The van der Waals surface area contributed by atoms with Crippen LogP contribution in [0, 0.1) is 0 Å². The first-order chi connectivity index (χ1) is 71.3. The van der Waals surface area contributed by atoms with E-state index in [1.807, 2.05) is 0 Å². The monoisotopic (exact) mass is 2150 g/mol. The number of carbonyl (C=O) groups is 8. The molecule has 4 aromatic carbocycles. The first-order valence-corrected chi connectivity index (χ1v) is 48.5. The van der Waals surface area contributed by atoms with Gasteiger partial charge in [0, 0.05) is 101 Å². The molecular formula is C94H140N8O48. The van der Waals surface area contributed by atoms with Gasteiger partial charge in [-0.3, -0.25) is 38.4 Å². The van der Waals surface area contributed by atoms with Gasteiger partial charge in [0.05, 0.1) is 52.9 Å². The molecule has 0 saturated carbocycles. The summed E-state index contributed by atoms with van der Waals surface area (Å²) in [6, 6.07) is 25.8. The molecule has 36 N–H and O–H groups in total. The Hall–Kier alpha value is -8.96. The van der Waals surface area contributed by atoms with E-state index in [-0.39, 0.29) is 87.5 Å². The molecule has 11 aliphatic rings. The second-order valence-electron chi connectivity index (χ2n) is 36.7. The Kier molecular flexibility index (Phi) is 49.5. The lowest BCUT2D eigenvalue weighted by atomic mass is 9.98.